The van der Waals surface area contributed by atoms with Crippen LogP contribution < -0.4 is 0 Å². The van der Waals surface area contributed by atoms with Crippen LogP contribution in [0.4, 0.5) is 0 Å². The maximum Gasteiger partial charge on any atom is 0.0167 e. The summed E-state index contributed by atoms with van der Waals surface area (Å²) in [5, 5.41) is 0. The predicted octanol–water partition coefficient (Wildman–Crippen LogP) is 2.13. The first-order valence-corrected chi connectivity index (χ1v) is 7.91. The highest BCUT2D eigenvalue weighted by Crippen LogP contribution is 2.04. The Labute approximate surface area is 80.4 Å². The zero-order chi connectivity index (χ0) is 9.40. The van der Waals surface area contributed by atoms with E-state index in [1.165, 1.54) is 32.0 Å². The molecule has 74 valence electrons. The topological polar surface area (TPSA) is 3.24 Å². The van der Waals surface area contributed by atoms with Gasteiger partial charge in [0.2, 0.25) is 0 Å². The molecule has 0 bridgehead atoms. The monoisotopic (exact) mass is 187 g/mol. The lowest BCUT2D eigenvalue weighted by Gasteiger charge is -2.26. The van der Waals surface area contributed by atoms with Crippen LogP contribution in [0.2, 0.25) is 12.6 Å². The van der Waals surface area contributed by atoms with E-state index < -0.39 is 0 Å². The number of rotatable bonds is 7. The van der Waals surface area contributed by atoms with Gasteiger partial charge in [-0.15, -0.1) is 0 Å². The largest absolute Gasteiger partial charge is 0.301 e. The molecule has 0 fully saturated rings. The molecule has 0 aromatic carbocycles. The van der Waals surface area contributed by atoms with E-state index in [1.807, 2.05) is 0 Å². The molecule has 0 aliphatic rings. The maximum atomic E-state index is 2.60. The zero-order valence-corrected chi connectivity index (χ0v) is 10.7. The molecule has 0 aromatic rings. The number of nitrogens with zero attached hydrogens (tertiary/aromatic N) is 1. The third-order valence-electron chi connectivity index (χ3n) is 2.67. The molecule has 0 radical (unpaired) electrons. The molecule has 0 rings (SSSR count). The van der Waals surface area contributed by atoms with Gasteiger partial charge >= 0.3 is 0 Å². The average Bonchev–Trinajstić information content (AvgIpc) is 2.11. The van der Waals surface area contributed by atoms with Crippen molar-refractivity contribution < 1.29 is 0 Å². The van der Waals surface area contributed by atoms with Crippen molar-refractivity contribution in [1.29, 1.82) is 0 Å². The Balaban J connectivity index is 3.52. The van der Waals surface area contributed by atoms with Crippen LogP contribution in [0.25, 0.3) is 0 Å². The number of hydrogen-bond acceptors (Lipinski definition) is 1. The molecule has 0 amide bonds. The second-order valence-corrected chi connectivity index (χ2v) is 5.30. The van der Waals surface area contributed by atoms with Gasteiger partial charge in [0.1, 0.15) is 0 Å². The van der Waals surface area contributed by atoms with E-state index in [-0.39, 0.29) is 0 Å². The third-order valence-corrected chi connectivity index (χ3v) is 3.88. The molecule has 0 saturated carbocycles. The van der Waals surface area contributed by atoms with Gasteiger partial charge in [-0.25, -0.2) is 0 Å². The Morgan fingerprint density at radius 1 is 1.33 bits per heavy atom. The van der Waals surface area contributed by atoms with E-state index in [9.17, 15) is 0 Å². The fourth-order valence-electron chi connectivity index (χ4n) is 1.51. The van der Waals surface area contributed by atoms with Crippen molar-refractivity contribution in [1.82, 2.24) is 4.90 Å². The van der Waals surface area contributed by atoms with E-state index >= 15 is 0 Å². The lowest BCUT2D eigenvalue weighted by atomic mass is 10.2. The SMILES string of the molecule is CCC(C)N(CC)CCC[SiH2]C. The fraction of sp³-hybridized carbons (Fsp3) is 1.00. The Morgan fingerprint density at radius 3 is 2.42 bits per heavy atom. The molecule has 1 nitrogen and oxygen atoms in total. The molecule has 1 unspecified atom stereocenters. The molecule has 2 heteroatoms. The summed E-state index contributed by atoms with van der Waals surface area (Å²) in [5.41, 5.74) is 0. The minimum atomic E-state index is 0.306. The van der Waals surface area contributed by atoms with Gasteiger partial charge in [0.05, 0.1) is 0 Å². The highest BCUT2D eigenvalue weighted by atomic mass is 28.2. The van der Waals surface area contributed by atoms with Crippen molar-refractivity contribution in [3.8, 4) is 0 Å². The van der Waals surface area contributed by atoms with Crippen molar-refractivity contribution in [2.75, 3.05) is 13.1 Å². The lowest BCUT2D eigenvalue weighted by Crippen LogP contribution is -2.33. The van der Waals surface area contributed by atoms with Crippen molar-refractivity contribution in [3.05, 3.63) is 0 Å². The van der Waals surface area contributed by atoms with Crippen LogP contribution in [0.3, 0.4) is 0 Å². The van der Waals surface area contributed by atoms with Crippen LogP contribution >= 0.6 is 0 Å². The van der Waals surface area contributed by atoms with Gasteiger partial charge in [0.15, 0.2) is 0 Å². The first-order chi connectivity index (χ1) is 5.76. The van der Waals surface area contributed by atoms with Crippen LogP contribution in [0.15, 0.2) is 0 Å². The molecule has 0 aliphatic heterocycles. The quantitative estimate of drug-likeness (QED) is 0.436. The normalized spacial score (nSPS) is 14.8. The summed E-state index contributed by atoms with van der Waals surface area (Å²) in [4.78, 5) is 2.60. The first-order valence-electron chi connectivity index (χ1n) is 5.50. The second-order valence-electron chi connectivity index (χ2n) is 3.59. The van der Waals surface area contributed by atoms with Gasteiger partial charge in [0, 0.05) is 15.6 Å². The Kier molecular flexibility index (Phi) is 7.92. The third kappa shape index (κ3) is 4.94. The summed E-state index contributed by atoms with van der Waals surface area (Å²) < 4.78 is 0. The lowest BCUT2D eigenvalue weighted by molar-refractivity contribution is 0.215. The summed E-state index contributed by atoms with van der Waals surface area (Å²) in [6.07, 6.45) is 2.72. The molecule has 0 aromatic heterocycles. The van der Waals surface area contributed by atoms with Crippen molar-refractivity contribution in [3.63, 3.8) is 0 Å². The Morgan fingerprint density at radius 2 is 2.00 bits per heavy atom. The van der Waals surface area contributed by atoms with Gasteiger partial charge in [-0.2, -0.15) is 0 Å². The summed E-state index contributed by atoms with van der Waals surface area (Å²) >= 11 is 0. The molecule has 0 saturated heterocycles. The predicted molar refractivity (Wildman–Crippen MR) is 60.8 cm³/mol. The standard InChI is InChI=1S/C10H25NSi/c1-5-10(3)11(6-2)8-7-9-12-4/h10H,5-9,12H2,1-4H3. The van der Waals surface area contributed by atoms with Gasteiger partial charge in [-0.05, 0) is 32.9 Å². The van der Waals surface area contributed by atoms with E-state index in [4.69, 9.17) is 0 Å². The molecule has 0 aliphatic carbocycles. The molecular formula is C10H25NSi. The first kappa shape index (κ1) is 12.2. The number of hydrogen-bond donors (Lipinski definition) is 0. The summed E-state index contributed by atoms with van der Waals surface area (Å²) in [6, 6.07) is 2.31. The molecular weight excluding hydrogens is 162 g/mol. The van der Waals surface area contributed by atoms with Crippen LogP contribution in [-0.4, -0.2) is 33.6 Å². The highest BCUT2D eigenvalue weighted by molar-refractivity contribution is 6.33. The van der Waals surface area contributed by atoms with Crippen LogP contribution in [0, 0.1) is 0 Å². The van der Waals surface area contributed by atoms with Crippen molar-refractivity contribution in [2.45, 2.75) is 52.2 Å². The second kappa shape index (κ2) is 7.81. The van der Waals surface area contributed by atoms with Gasteiger partial charge in [-0.3, -0.25) is 0 Å². The van der Waals surface area contributed by atoms with Crippen molar-refractivity contribution in [2.24, 2.45) is 0 Å². The van der Waals surface area contributed by atoms with Crippen LogP contribution in [-0.2, 0) is 0 Å². The Bertz CT molecular complexity index is 95.8. The summed E-state index contributed by atoms with van der Waals surface area (Å²) in [5.74, 6) is 0. The molecule has 0 N–H and O–H groups in total. The van der Waals surface area contributed by atoms with Gasteiger partial charge in [0.25, 0.3) is 0 Å². The molecule has 1 atom stereocenters. The maximum absolute atomic E-state index is 2.60. The van der Waals surface area contributed by atoms with E-state index in [0.29, 0.717) is 9.52 Å². The smallest absolute Gasteiger partial charge is 0.0167 e. The minimum absolute atomic E-state index is 0.306. The van der Waals surface area contributed by atoms with E-state index in [0.717, 1.165) is 6.04 Å². The highest BCUT2D eigenvalue weighted by Gasteiger charge is 2.07. The summed E-state index contributed by atoms with van der Waals surface area (Å²) in [6.45, 7) is 11.8. The van der Waals surface area contributed by atoms with E-state index in [1.54, 1.807) is 0 Å². The van der Waals surface area contributed by atoms with Gasteiger partial charge in [-0.1, -0.05) is 26.4 Å². The molecule has 0 spiro atoms. The molecule has 12 heavy (non-hydrogen) atoms. The van der Waals surface area contributed by atoms with Crippen LogP contribution in [0.1, 0.15) is 33.6 Å². The van der Waals surface area contributed by atoms with E-state index in [2.05, 4.69) is 32.2 Å². The van der Waals surface area contributed by atoms with Crippen LogP contribution in [0.5, 0.6) is 0 Å². The molecule has 0 heterocycles. The summed E-state index contributed by atoms with van der Waals surface area (Å²) in [7, 11) is 0.306. The Hall–Kier alpha value is 0.177. The van der Waals surface area contributed by atoms with Gasteiger partial charge < -0.3 is 4.90 Å². The average molecular weight is 187 g/mol. The fourth-order valence-corrected chi connectivity index (χ4v) is 2.24. The van der Waals surface area contributed by atoms with Crippen molar-refractivity contribution >= 4 is 9.52 Å². The minimum Gasteiger partial charge on any atom is -0.301 e. The zero-order valence-electron chi connectivity index (χ0n) is 9.27.